The molecule has 1 rings (SSSR count). The highest BCUT2D eigenvalue weighted by molar-refractivity contribution is 6.30. The SMILES string of the molecule is CC(C)OC(=O)c1ccc(Cl)cc1C(F)(F)F. The van der Waals surface area contributed by atoms with Gasteiger partial charge in [0, 0.05) is 5.02 Å². The first-order valence-electron chi connectivity index (χ1n) is 4.79. The summed E-state index contributed by atoms with van der Waals surface area (Å²) in [6, 6.07) is 2.93. The molecule has 1 aromatic rings. The molecule has 0 amide bonds. The van der Waals surface area contributed by atoms with Crippen molar-refractivity contribution in [1.29, 1.82) is 0 Å². The number of benzene rings is 1. The van der Waals surface area contributed by atoms with Crippen molar-refractivity contribution >= 4 is 17.6 Å². The Labute approximate surface area is 101 Å². The van der Waals surface area contributed by atoms with Crippen molar-refractivity contribution in [3.63, 3.8) is 0 Å². The molecule has 0 aliphatic carbocycles. The first-order valence-corrected chi connectivity index (χ1v) is 5.17. The fourth-order valence-electron chi connectivity index (χ4n) is 1.21. The molecule has 0 spiro atoms. The molecule has 1 aromatic carbocycles. The van der Waals surface area contributed by atoms with E-state index in [1.807, 2.05) is 0 Å². The van der Waals surface area contributed by atoms with E-state index in [9.17, 15) is 18.0 Å². The van der Waals surface area contributed by atoms with Gasteiger partial charge in [0.05, 0.1) is 17.2 Å². The van der Waals surface area contributed by atoms with Gasteiger partial charge >= 0.3 is 12.1 Å². The van der Waals surface area contributed by atoms with E-state index in [2.05, 4.69) is 0 Å². The van der Waals surface area contributed by atoms with Gasteiger partial charge in [0.2, 0.25) is 0 Å². The summed E-state index contributed by atoms with van der Waals surface area (Å²) in [5, 5.41) is -0.0848. The van der Waals surface area contributed by atoms with Crippen molar-refractivity contribution in [2.75, 3.05) is 0 Å². The minimum Gasteiger partial charge on any atom is -0.459 e. The van der Waals surface area contributed by atoms with Crippen molar-refractivity contribution in [1.82, 2.24) is 0 Å². The number of carbonyl (C=O) groups is 1. The van der Waals surface area contributed by atoms with Crippen LogP contribution >= 0.6 is 11.6 Å². The Morgan fingerprint density at radius 3 is 2.41 bits per heavy atom. The molecule has 2 nitrogen and oxygen atoms in total. The zero-order valence-electron chi connectivity index (χ0n) is 9.14. The number of hydrogen-bond acceptors (Lipinski definition) is 2. The maximum absolute atomic E-state index is 12.7. The van der Waals surface area contributed by atoms with Gasteiger partial charge in [-0.05, 0) is 32.0 Å². The minimum atomic E-state index is -4.64. The summed E-state index contributed by atoms with van der Waals surface area (Å²) in [6.45, 7) is 3.11. The van der Waals surface area contributed by atoms with Crippen molar-refractivity contribution in [2.45, 2.75) is 26.1 Å². The summed E-state index contributed by atoms with van der Waals surface area (Å²) < 4.78 is 42.7. The zero-order valence-corrected chi connectivity index (χ0v) is 9.89. The Kier molecular flexibility index (Phi) is 4.03. The van der Waals surface area contributed by atoms with Gasteiger partial charge in [-0.15, -0.1) is 0 Å². The maximum atomic E-state index is 12.7. The predicted octanol–water partition coefficient (Wildman–Crippen LogP) is 3.92. The first-order chi connectivity index (χ1) is 7.71. The third-order valence-electron chi connectivity index (χ3n) is 1.85. The van der Waals surface area contributed by atoms with Crippen molar-refractivity contribution < 1.29 is 22.7 Å². The molecule has 0 bridgehead atoms. The molecule has 0 aliphatic rings. The monoisotopic (exact) mass is 266 g/mol. The Hall–Kier alpha value is -1.23. The molecule has 94 valence electrons. The van der Waals surface area contributed by atoms with Crippen LogP contribution in [0.3, 0.4) is 0 Å². The second-order valence-corrected chi connectivity index (χ2v) is 4.08. The molecule has 0 N–H and O–H groups in total. The van der Waals surface area contributed by atoms with E-state index >= 15 is 0 Å². The number of carbonyl (C=O) groups excluding carboxylic acids is 1. The molecule has 0 aliphatic heterocycles. The van der Waals surface area contributed by atoms with E-state index in [4.69, 9.17) is 16.3 Å². The predicted molar refractivity (Wildman–Crippen MR) is 57.0 cm³/mol. The highest BCUT2D eigenvalue weighted by atomic mass is 35.5. The van der Waals surface area contributed by atoms with Crippen LogP contribution in [-0.2, 0) is 10.9 Å². The van der Waals surface area contributed by atoms with Gasteiger partial charge in [-0.1, -0.05) is 11.6 Å². The van der Waals surface area contributed by atoms with Crippen LogP contribution in [0.25, 0.3) is 0 Å². The summed E-state index contributed by atoms with van der Waals surface area (Å²) in [5.41, 5.74) is -1.62. The van der Waals surface area contributed by atoms with E-state index in [0.29, 0.717) is 6.07 Å². The van der Waals surface area contributed by atoms with Gasteiger partial charge in [0.1, 0.15) is 0 Å². The highest BCUT2D eigenvalue weighted by Gasteiger charge is 2.36. The van der Waals surface area contributed by atoms with Crippen LogP contribution < -0.4 is 0 Å². The van der Waals surface area contributed by atoms with Gasteiger partial charge in [0.15, 0.2) is 0 Å². The molecule has 0 radical (unpaired) electrons. The quantitative estimate of drug-likeness (QED) is 0.758. The van der Waals surface area contributed by atoms with E-state index in [-0.39, 0.29) is 5.02 Å². The largest absolute Gasteiger partial charge is 0.459 e. The lowest BCUT2D eigenvalue weighted by Gasteiger charge is -2.14. The standard InChI is InChI=1S/C11H10ClF3O2/c1-6(2)17-10(16)8-4-3-7(12)5-9(8)11(13,14)15/h3-6H,1-2H3. The first kappa shape index (κ1) is 13.8. The van der Waals surface area contributed by atoms with Crippen LogP contribution in [0.5, 0.6) is 0 Å². The minimum absolute atomic E-state index is 0.0848. The van der Waals surface area contributed by atoms with E-state index in [1.165, 1.54) is 6.07 Å². The number of ether oxygens (including phenoxy) is 1. The van der Waals surface area contributed by atoms with Gasteiger partial charge in [-0.2, -0.15) is 13.2 Å². The van der Waals surface area contributed by atoms with E-state index in [0.717, 1.165) is 6.07 Å². The van der Waals surface area contributed by atoms with Crippen molar-refractivity contribution in [3.8, 4) is 0 Å². The molecule has 0 saturated heterocycles. The average Bonchev–Trinajstić information content (AvgIpc) is 2.14. The van der Waals surface area contributed by atoms with Crippen LogP contribution in [0.4, 0.5) is 13.2 Å². The van der Waals surface area contributed by atoms with Crippen LogP contribution in [0, 0.1) is 0 Å². The van der Waals surface area contributed by atoms with E-state index in [1.54, 1.807) is 13.8 Å². The molecular formula is C11H10ClF3O2. The van der Waals surface area contributed by atoms with Crippen LogP contribution in [0.15, 0.2) is 18.2 Å². The third-order valence-corrected chi connectivity index (χ3v) is 2.08. The number of halogens is 4. The third kappa shape index (κ3) is 3.63. The summed E-state index contributed by atoms with van der Waals surface area (Å²) in [5.74, 6) is -1.01. The highest BCUT2D eigenvalue weighted by Crippen LogP contribution is 2.34. The molecule has 0 heterocycles. The Bertz CT molecular complexity index is 427. The van der Waals surface area contributed by atoms with Gasteiger partial charge < -0.3 is 4.74 Å². The smallest absolute Gasteiger partial charge is 0.417 e. The fourth-order valence-corrected chi connectivity index (χ4v) is 1.38. The lowest BCUT2D eigenvalue weighted by atomic mass is 10.1. The molecule has 0 unspecified atom stereocenters. The molecule has 0 fully saturated rings. The number of alkyl halides is 3. The van der Waals surface area contributed by atoms with E-state index < -0.39 is 29.4 Å². The molecule has 17 heavy (non-hydrogen) atoms. The molecule has 6 heteroatoms. The summed E-state index contributed by atoms with van der Waals surface area (Å²) >= 11 is 5.48. The topological polar surface area (TPSA) is 26.3 Å². The normalized spacial score (nSPS) is 11.7. The number of esters is 1. The second-order valence-electron chi connectivity index (χ2n) is 3.64. The lowest BCUT2D eigenvalue weighted by Crippen LogP contribution is -2.17. The Morgan fingerprint density at radius 2 is 1.94 bits per heavy atom. The van der Waals surface area contributed by atoms with Crippen LogP contribution in [-0.4, -0.2) is 12.1 Å². The maximum Gasteiger partial charge on any atom is 0.417 e. The average molecular weight is 267 g/mol. The summed E-state index contributed by atoms with van der Waals surface area (Å²) in [4.78, 5) is 11.5. The van der Waals surface area contributed by atoms with Gasteiger partial charge in [-0.3, -0.25) is 0 Å². The molecule has 0 atom stereocenters. The Balaban J connectivity index is 3.20. The Morgan fingerprint density at radius 1 is 1.35 bits per heavy atom. The lowest BCUT2D eigenvalue weighted by molar-refractivity contribution is -0.138. The van der Waals surface area contributed by atoms with Crippen molar-refractivity contribution in [2.24, 2.45) is 0 Å². The number of hydrogen-bond donors (Lipinski definition) is 0. The fraction of sp³-hybridized carbons (Fsp3) is 0.364. The molecule has 0 saturated carbocycles. The second kappa shape index (κ2) is 4.96. The summed E-state index contributed by atoms with van der Waals surface area (Å²) in [7, 11) is 0. The molecule has 0 aromatic heterocycles. The van der Waals surface area contributed by atoms with Gasteiger partial charge in [0.25, 0.3) is 0 Å². The number of rotatable bonds is 2. The zero-order chi connectivity index (χ0) is 13.2. The van der Waals surface area contributed by atoms with Crippen molar-refractivity contribution in [3.05, 3.63) is 34.3 Å². The van der Waals surface area contributed by atoms with Gasteiger partial charge in [-0.25, -0.2) is 4.79 Å². The van der Waals surface area contributed by atoms with Crippen LogP contribution in [0.2, 0.25) is 5.02 Å². The summed E-state index contributed by atoms with van der Waals surface area (Å²) in [6.07, 6.45) is -5.13. The molecular weight excluding hydrogens is 257 g/mol. The van der Waals surface area contributed by atoms with Crippen LogP contribution in [0.1, 0.15) is 29.8 Å².